The molecule has 0 saturated carbocycles. The van der Waals surface area contributed by atoms with E-state index in [4.69, 9.17) is 0 Å². The van der Waals surface area contributed by atoms with Gasteiger partial charge >= 0.3 is 0 Å². The maximum Gasteiger partial charge on any atom is 0.243 e. The number of nitrogens with one attached hydrogen (secondary N) is 2. The lowest BCUT2D eigenvalue weighted by molar-refractivity contribution is 0.267. The van der Waals surface area contributed by atoms with Crippen molar-refractivity contribution in [3.05, 3.63) is 36.4 Å². The molecule has 1 fully saturated rings. The lowest BCUT2D eigenvalue weighted by Gasteiger charge is -2.31. The van der Waals surface area contributed by atoms with Crippen LogP contribution in [0, 0.1) is 5.92 Å². The van der Waals surface area contributed by atoms with Gasteiger partial charge in [-0.3, -0.25) is 0 Å². The summed E-state index contributed by atoms with van der Waals surface area (Å²) in [7, 11) is 0.461. The third-order valence-corrected chi connectivity index (χ3v) is 8.31. The largest absolute Gasteiger partial charge is 0.377 e. The zero-order chi connectivity index (χ0) is 23.0. The number of anilines is 1. The Kier molecular flexibility index (Phi) is 11.4. The molecule has 6 nitrogen and oxygen atoms in total. The van der Waals surface area contributed by atoms with Gasteiger partial charge in [0.25, 0.3) is 0 Å². The second-order valence-electron chi connectivity index (χ2n) is 9.03. The summed E-state index contributed by atoms with van der Waals surface area (Å²) in [5.41, 5.74) is 1.03. The molecule has 0 spiro atoms. The van der Waals surface area contributed by atoms with Gasteiger partial charge in [0.15, 0.2) is 0 Å². The molecular formula is C25H41ClN4O2S. The fourth-order valence-corrected chi connectivity index (χ4v) is 6.16. The third kappa shape index (κ3) is 7.30. The smallest absolute Gasteiger partial charge is 0.243 e. The monoisotopic (exact) mass is 496 g/mol. The molecular weight excluding hydrogens is 456 g/mol. The number of sulfonamides is 1. The summed E-state index contributed by atoms with van der Waals surface area (Å²) in [6.07, 6.45) is 5.39. The Labute approximate surface area is 206 Å². The zero-order valence-corrected chi connectivity index (χ0v) is 22.0. The van der Waals surface area contributed by atoms with Crippen LogP contribution in [-0.4, -0.2) is 66.1 Å². The quantitative estimate of drug-likeness (QED) is 0.433. The van der Waals surface area contributed by atoms with Crippen molar-refractivity contribution < 1.29 is 8.42 Å². The molecule has 1 aliphatic heterocycles. The van der Waals surface area contributed by atoms with E-state index in [9.17, 15) is 8.42 Å². The van der Waals surface area contributed by atoms with Crippen LogP contribution in [-0.2, 0) is 10.0 Å². The fraction of sp³-hybridized carbons (Fsp3) is 0.600. The molecule has 2 N–H and O–H groups in total. The van der Waals surface area contributed by atoms with Crippen molar-refractivity contribution in [2.24, 2.45) is 5.92 Å². The van der Waals surface area contributed by atoms with Gasteiger partial charge in [0.2, 0.25) is 10.0 Å². The lowest BCUT2D eigenvalue weighted by Crippen LogP contribution is -2.40. The van der Waals surface area contributed by atoms with Crippen molar-refractivity contribution in [1.29, 1.82) is 0 Å². The number of unbranched alkanes of at least 4 members (excludes halogenated alkanes) is 1. The molecule has 0 amide bonds. The predicted molar refractivity (Wildman–Crippen MR) is 142 cm³/mol. The van der Waals surface area contributed by atoms with Crippen LogP contribution >= 0.6 is 12.4 Å². The molecule has 0 aromatic heterocycles. The molecule has 0 unspecified atom stereocenters. The maximum atomic E-state index is 13.5. The summed E-state index contributed by atoms with van der Waals surface area (Å²) < 4.78 is 28.7. The number of halogens is 1. The van der Waals surface area contributed by atoms with Crippen LogP contribution in [0.5, 0.6) is 0 Å². The van der Waals surface area contributed by atoms with Crippen molar-refractivity contribution >= 4 is 38.9 Å². The number of hydrogen-bond acceptors (Lipinski definition) is 5. The first-order valence-electron chi connectivity index (χ1n) is 12.1. The topological polar surface area (TPSA) is 64.7 Å². The number of fused-ring (bicyclic) bond motifs is 1. The molecule has 1 heterocycles. The molecule has 186 valence electrons. The van der Waals surface area contributed by atoms with Gasteiger partial charge in [0.05, 0.1) is 4.90 Å². The first-order valence-corrected chi connectivity index (χ1v) is 13.5. The van der Waals surface area contributed by atoms with E-state index in [-0.39, 0.29) is 12.4 Å². The highest BCUT2D eigenvalue weighted by atomic mass is 35.5. The standard InChI is InChI=1S/C25H40N4O2S.ClH/c1-4-15-26-16-5-6-17-27-20-21-13-18-29(19-14-21)32(30,31)25-12-8-9-22-23(25)10-7-11-24(22)28(2)3;/h7-12,21,26-27H,4-6,13-20H2,1-3H3;1H. The highest BCUT2D eigenvalue weighted by Crippen LogP contribution is 2.32. The van der Waals surface area contributed by atoms with Crippen LogP contribution in [0.2, 0.25) is 0 Å². The fourth-order valence-electron chi connectivity index (χ4n) is 4.48. The Hall–Kier alpha value is -1.38. The van der Waals surface area contributed by atoms with E-state index in [0.29, 0.717) is 23.9 Å². The molecule has 0 radical (unpaired) electrons. The van der Waals surface area contributed by atoms with Gasteiger partial charge in [-0.25, -0.2) is 8.42 Å². The Bertz CT molecular complexity index is 960. The summed E-state index contributed by atoms with van der Waals surface area (Å²) in [5.74, 6) is 0.549. The van der Waals surface area contributed by atoms with Crippen LogP contribution < -0.4 is 15.5 Å². The molecule has 2 aromatic rings. The van der Waals surface area contributed by atoms with Gasteiger partial charge in [-0.05, 0) is 76.3 Å². The normalized spacial score (nSPS) is 15.5. The number of nitrogens with zero attached hydrogens (tertiary/aromatic N) is 2. The Morgan fingerprint density at radius 2 is 1.58 bits per heavy atom. The molecule has 2 aromatic carbocycles. The highest BCUT2D eigenvalue weighted by molar-refractivity contribution is 7.89. The lowest BCUT2D eigenvalue weighted by atomic mass is 9.98. The Morgan fingerprint density at radius 1 is 0.939 bits per heavy atom. The number of rotatable bonds is 12. The van der Waals surface area contributed by atoms with Crippen molar-refractivity contribution in [3.63, 3.8) is 0 Å². The Morgan fingerprint density at radius 3 is 2.24 bits per heavy atom. The van der Waals surface area contributed by atoms with Crippen molar-refractivity contribution in [1.82, 2.24) is 14.9 Å². The minimum Gasteiger partial charge on any atom is -0.377 e. The molecule has 33 heavy (non-hydrogen) atoms. The van der Waals surface area contributed by atoms with Crippen molar-refractivity contribution in [3.8, 4) is 0 Å². The van der Waals surface area contributed by atoms with Crippen LogP contribution in [0.25, 0.3) is 10.8 Å². The molecule has 8 heteroatoms. The van der Waals surface area contributed by atoms with Crippen LogP contribution in [0.3, 0.4) is 0 Å². The Balaban J connectivity index is 0.00000385. The highest BCUT2D eigenvalue weighted by Gasteiger charge is 2.30. The number of benzene rings is 2. The molecule has 3 rings (SSSR count). The predicted octanol–water partition coefficient (Wildman–Crippen LogP) is 4.10. The first-order chi connectivity index (χ1) is 15.4. The van der Waals surface area contributed by atoms with Crippen LogP contribution in [0.4, 0.5) is 5.69 Å². The van der Waals surface area contributed by atoms with Gasteiger partial charge in [0.1, 0.15) is 0 Å². The van der Waals surface area contributed by atoms with Crippen molar-refractivity contribution in [2.75, 3.05) is 58.3 Å². The summed E-state index contributed by atoms with van der Waals surface area (Å²) in [6, 6.07) is 11.5. The van der Waals surface area contributed by atoms with E-state index >= 15 is 0 Å². The van der Waals surface area contributed by atoms with E-state index in [1.807, 2.05) is 49.3 Å². The minimum atomic E-state index is -3.51. The average molecular weight is 497 g/mol. The average Bonchev–Trinajstić information content (AvgIpc) is 2.80. The molecule has 1 aliphatic rings. The van der Waals surface area contributed by atoms with Crippen LogP contribution in [0.15, 0.2) is 41.3 Å². The summed E-state index contributed by atoms with van der Waals surface area (Å²) in [4.78, 5) is 2.45. The second kappa shape index (κ2) is 13.5. The van der Waals surface area contributed by atoms with E-state index in [2.05, 4.69) is 17.6 Å². The minimum absolute atomic E-state index is 0. The van der Waals surface area contributed by atoms with E-state index in [1.54, 1.807) is 10.4 Å². The van der Waals surface area contributed by atoms with Gasteiger partial charge < -0.3 is 15.5 Å². The molecule has 0 atom stereocenters. The molecule has 0 bridgehead atoms. The first kappa shape index (κ1) is 27.9. The van der Waals surface area contributed by atoms with Gasteiger partial charge in [-0.2, -0.15) is 4.31 Å². The van der Waals surface area contributed by atoms with Gasteiger partial charge in [-0.1, -0.05) is 31.2 Å². The van der Waals surface area contributed by atoms with Crippen LogP contribution in [0.1, 0.15) is 39.0 Å². The van der Waals surface area contributed by atoms with E-state index < -0.39 is 10.0 Å². The second-order valence-corrected chi connectivity index (χ2v) is 10.9. The number of hydrogen-bond donors (Lipinski definition) is 2. The molecule has 0 aliphatic carbocycles. The SMILES string of the molecule is CCCNCCCCNCC1CCN(S(=O)(=O)c2cccc3c(N(C)C)cccc23)CC1.Cl. The van der Waals surface area contributed by atoms with Gasteiger partial charge in [0, 0.05) is 43.6 Å². The molecule has 1 saturated heterocycles. The van der Waals surface area contributed by atoms with Gasteiger partial charge in [-0.15, -0.1) is 12.4 Å². The number of piperidine rings is 1. The van der Waals surface area contributed by atoms with E-state index in [1.165, 1.54) is 19.3 Å². The maximum absolute atomic E-state index is 13.5. The summed E-state index contributed by atoms with van der Waals surface area (Å²) >= 11 is 0. The zero-order valence-electron chi connectivity index (χ0n) is 20.3. The van der Waals surface area contributed by atoms with E-state index in [0.717, 1.165) is 55.5 Å². The third-order valence-electron chi connectivity index (χ3n) is 6.35. The summed E-state index contributed by atoms with van der Waals surface area (Å²) in [5, 5.41) is 8.78. The van der Waals surface area contributed by atoms with Crippen molar-refractivity contribution in [2.45, 2.75) is 43.9 Å². The summed E-state index contributed by atoms with van der Waals surface area (Å²) in [6.45, 7) is 7.60.